The predicted octanol–water partition coefficient (Wildman–Crippen LogP) is 2.50. The monoisotopic (exact) mass is 451 g/mol. The molecule has 1 atom stereocenters. The molecule has 0 aliphatic rings. The molecule has 1 aromatic carbocycles. The molecule has 0 unspecified atom stereocenters. The molecule has 2 aromatic rings. The van der Waals surface area contributed by atoms with E-state index in [1.54, 1.807) is 6.92 Å². The molecule has 3 N–H and O–H groups in total. The van der Waals surface area contributed by atoms with Crippen LogP contribution in [0.5, 0.6) is 5.88 Å². The first-order chi connectivity index (χ1) is 15.0. The van der Waals surface area contributed by atoms with Crippen molar-refractivity contribution in [3.05, 3.63) is 41.0 Å². The minimum absolute atomic E-state index is 0.108. The van der Waals surface area contributed by atoms with Gasteiger partial charge in [0.25, 0.3) is 0 Å². The van der Waals surface area contributed by atoms with Gasteiger partial charge in [-0.2, -0.15) is 28.4 Å². The summed E-state index contributed by atoms with van der Waals surface area (Å²) >= 11 is 0. The molecule has 2 rings (SSSR count). The largest absolute Gasteiger partial charge is 0.477 e. The number of ether oxygens (including phenoxy) is 2. The van der Waals surface area contributed by atoms with E-state index in [4.69, 9.17) is 15.2 Å². The zero-order valence-electron chi connectivity index (χ0n) is 17.2. The lowest BCUT2D eigenvalue weighted by atomic mass is 10.0. The third-order valence-electron chi connectivity index (χ3n) is 4.07. The summed E-state index contributed by atoms with van der Waals surface area (Å²) in [5, 5.41) is 12.1. The number of nitriles is 1. The predicted molar refractivity (Wildman–Crippen MR) is 107 cm³/mol. The van der Waals surface area contributed by atoms with Crippen LogP contribution >= 0.6 is 0 Å². The second-order valence-electron chi connectivity index (χ2n) is 6.50. The number of carbonyl (C=O) groups is 2. The Morgan fingerprint density at radius 3 is 2.62 bits per heavy atom. The maximum absolute atomic E-state index is 13.0. The molecule has 1 aromatic heterocycles. The van der Waals surface area contributed by atoms with Gasteiger partial charge < -0.3 is 20.5 Å². The summed E-state index contributed by atoms with van der Waals surface area (Å²) in [6.07, 6.45) is -4.96. The van der Waals surface area contributed by atoms with Crippen molar-refractivity contribution in [2.75, 3.05) is 24.3 Å². The van der Waals surface area contributed by atoms with Gasteiger partial charge in [0, 0.05) is 13.3 Å². The average molecular weight is 451 g/mol. The van der Waals surface area contributed by atoms with Gasteiger partial charge in [-0.25, -0.2) is 0 Å². The van der Waals surface area contributed by atoms with Gasteiger partial charge in [0.15, 0.2) is 17.2 Å². The highest BCUT2D eigenvalue weighted by molar-refractivity contribution is 5.89. The number of halogens is 3. The number of ketones is 1. The quantitative estimate of drug-likeness (QED) is 0.550. The highest BCUT2D eigenvalue weighted by Crippen LogP contribution is 2.30. The van der Waals surface area contributed by atoms with Crippen LogP contribution in [0.25, 0.3) is 0 Å². The Kier molecular flexibility index (Phi) is 7.95. The SMILES string of the molecule is CCOc1nc(N)nc(N[C@@H](COC(C)=O)C(=O)Cc2cccc(C(F)(F)F)c2)c1C#N. The van der Waals surface area contributed by atoms with Gasteiger partial charge in [0.05, 0.1) is 12.2 Å². The van der Waals surface area contributed by atoms with Crippen LogP contribution in [-0.2, 0) is 26.9 Å². The van der Waals surface area contributed by atoms with Crippen molar-refractivity contribution < 1.29 is 32.2 Å². The number of Topliss-reactive ketones (excluding diaryl/α,β-unsaturated/α-hetero) is 1. The van der Waals surface area contributed by atoms with Crippen molar-refractivity contribution in [2.24, 2.45) is 0 Å². The summed E-state index contributed by atoms with van der Waals surface area (Å²) in [4.78, 5) is 31.8. The molecule has 170 valence electrons. The number of aromatic nitrogens is 2. The molecule has 0 radical (unpaired) electrons. The number of alkyl halides is 3. The van der Waals surface area contributed by atoms with Gasteiger partial charge in [-0.1, -0.05) is 18.2 Å². The number of hydrogen-bond donors (Lipinski definition) is 2. The smallest absolute Gasteiger partial charge is 0.416 e. The number of hydrogen-bond acceptors (Lipinski definition) is 9. The summed E-state index contributed by atoms with van der Waals surface area (Å²) in [6.45, 7) is 2.52. The number of nitrogens with zero attached hydrogens (tertiary/aromatic N) is 3. The lowest BCUT2D eigenvalue weighted by Gasteiger charge is -2.19. The Morgan fingerprint density at radius 2 is 2.03 bits per heavy atom. The number of carbonyl (C=O) groups excluding carboxylic acids is 2. The van der Waals surface area contributed by atoms with E-state index in [9.17, 15) is 28.0 Å². The van der Waals surface area contributed by atoms with Crippen LogP contribution in [0, 0.1) is 11.3 Å². The van der Waals surface area contributed by atoms with Crippen LogP contribution in [0.3, 0.4) is 0 Å². The average Bonchev–Trinajstić information content (AvgIpc) is 2.70. The number of anilines is 2. The minimum Gasteiger partial charge on any atom is -0.477 e. The number of rotatable bonds is 9. The summed E-state index contributed by atoms with van der Waals surface area (Å²) in [6, 6.07) is 4.92. The third-order valence-corrected chi connectivity index (χ3v) is 4.07. The van der Waals surface area contributed by atoms with Crippen LogP contribution in [0.15, 0.2) is 24.3 Å². The number of nitrogens with two attached hydrogens (primary N) is 1. The van der Waals surface area contributed by atoms with Crippen molar-refractivity contribution in [1.29, 1.82) is 5.26 Å². The fraction of sp³-hybridized carbons (Fsp3) is 0.350. The number of benzene rings is 1. The minimum atomic E-state index is -4.57. The zero-order valence-corrected chi connectivity index (χ0v) is 17.2. The molecule has 0 fully saturated rings. The molecule has 0 aliphatic carbocycles. The molecule has 0 spiro atoms. The number of nitrogens with one attached hydrogen (secondary N) is 1. The third kappa shape index (κ3) is 6.56. The first-order valence-electron chi connectivity index (χ1n) is 9.34. The van der Waals surface area contributed by atoms with Gasteiger partial charge in [-0.3, -0.25) is 9.59 Å². The maximum atomic E-state index is 13.0. The first-order valence-corrected chi connectivity index (χ1v) is 9.34. The highest BCUT2D eigenvalue weighted by Gasteiger charge is 2.31. The van der Waals surface area contributed by atoms with Gasteiger partial charge in [-0.05, 0) is 18.6 Å². The molecule has 1 heterocycles. The van der Waals surface area contributed by atoms with E-state index in [1.165, 1.54) is 12.1 Å². The normalized spacial score (nSPS) is 11.9. The van der Waals surface area contributed by atoms with Gasteiger partial charge in [-0.15, -0.1) is 0 Å². The topological polar surface area (TPSA) is 140 Å². The summed E-state index contributed by atoms with van der Waals surface area (Å²) < 4.78 is 49.0. The molecular weight excluding hydrogens is 431 g/mol. The molecule has 0 saturated carbocycles. The maximum Gasteiger partial charge on any atom is 0.416 e. The standard InChI is InChI=1S/C20H20F3N5O4/c1-3-31-18-14(9-24)17(27-19(25)28-18)26-15(10-32-11(2)29)16(30)8-12-5-4-6-13(7-12)20(21,22)23/h4-7,15H,3,8,10H2,1-2H3,(H3,25,26,27,28)/t15-/m0/s1. The number of esters is 1. The summed E-state index contributed by atoms with van der Waals surface area (Å²) in [7, 11) is 0. The van der Waals surface area contributed by atoms with Crippen molar-refractivity contribution in [3.63, 3.8) is 0 Å². The molecule has 12 heteroatoms. The Hall–Kier alpha value is -3.88. The van der Waals surface area contributed by atoms with Gasteiger partial charge in [0.1, 0.15) is 18.7 Å². The molecular formula is C20H20F3N5O4. The summed E-state index contributed by atoms with van der Waals surface area (Å²) in [5.74, 6) is -1.78. The molecule has 0 aliphatic heterocycles. The second kappa shape index (κ2) is 10.4. The summed E-state index contributed by atoms with van der Waals surface area (Å²) in [5.41, 5.74) is 4.71. The Morgan fingerprint density at radius 1 is 1.31 bits per heavy atom. The first kappa shape index (κ1) is 24.4. The fourth-order valence-corrected chi connectivity index (χ4v) is 2.67. The van der Waals surface area contributed by atoms with Crippen molar-refractivity contribution in [1.82, 2.24) is 9.97 Å². The van der Waals surface area contributed by atoms with E-state index in [2.05, 4.69) is 15.3 Å². The fourth-order valence-electron chi connectivity index (χ4n) is 2.67. The molecule has 32 heavy (non-hydrogen) atoms. The van der Waals surface area contributed by atoms with E-state index in [1.807, 2.05) is 6.07 Å². The Bertz CT molecular complexity index is 1040. The van der Waals surface area contributed by atoms with Crippen LogP contribution in [0.1, 0.15) is 30.5 Å². The van der Waals surface area contributed by atoms with Crippen LogP contribution < -0.4 is 15.8 Å². The van der Waals surface area contributed by atoms with E-state index in [-0.39, 0.29) is 35.4 Å². The Labute approximate surface area is 181 Å². The van der Waals surface area contributed by atoms with Crippen molar-refractivity contribution in [3.8, 4) is 11.9 Å². The zero-order chi connectivity index (χ0) is 23.9. The van der Waals surface area contributed by atoms with Crippen LogP contribution in [0.4, 0.5) is 24.9 Å². The van der Waals surface area contributed by atoms with E-state index in [0.29, 0.717) is 0 Å². The van der Waals surface area contributed by atoms with Crippen molar-refractivity contribution >= 4 is 23.5 Å². The molecule has 9 nitrogen and oxygen atoms in total. The lowest BCUT2D eigenvalue weighted by molar-refractivity contribution is -0.142. The van der Waals surface area contributed by atoms with E-state index in [0.717, 1.165) is 19.1 Å². The van der Waals surface area contributed by atoms with Crippen molar-refractivity contribution in [2.45, 2.75) is 32.5 Å². The highest BCUT2D eigenvalue weighted by atomic mass is 19.4. The molecule has 0 bridgehead atoms. The Balaban J connectivity index is 2.34. The number of nitrogen functional groups attached to an aromatic ring is 1. The second-order valence-corrected chi connectivity index (χ2v) is 6.50. The van der Waals surface area contributed by atoms with Gasteiger partial charge in [0.2, 0.25) is 11.8 Å². The van der Waals surface area contributed by atoms with Crippen LogP contribution in [-0.4, -0.2) is 41.0 Å². The van der Waals surface area contributed by atoms with Crippen LogP contribution in [0.2, 0.25) is 0 Å². The van der Waals surface area contributed by atoms with E-state index < -0.39 is 42.6 Å². The van der Waals surface area contributed by atoms with E-state index >= 15 is 0 Å². The lowest BCUT2D eigenvalue weighted by Crippen LogP contribution is -2.36. The molecule has 0 saturated heterocycles. The molecule has 0 amide bonds. The van der Waals surface area contributed by atoms with Gasteiger partial charge >= 0.3 is 12.1 Å².